The SMILES string of the molecule is Cc1nc(CN2CCC(C(=O)Nc3ccc(OCCN)cc3)CC2)cs1.Cl.Cl. The number of hydrogen-bond acceptors (Lipinski definition) is 6. The second-order valence-electron chi connectivity index (χ2n) is 6.56. The first-order chi connectivity index (χ1) is 12.6. The Morgan fingerprint density at radius 2 is 1.96 bits per heavy atom. The number of hydrogen-bond donors (Lipinski definition) is 2. The van der Waals surface area contributed by atoms with Gasteiger partial charge in [0.1, 0.15) is 12.4 Å². The summed E-state index contributed by atoms with van der Waals surface area (Å²) in [5.74, 6) is 0.931. The van der Waals surface area contributed by atoms with Crippen molar-refractivity contribution in [1.29, 1.82) is 0 Å². The number of anilines is 1. The molecule has 6 nitrogen and oxygen atoms in total. The van der Waals surface area contributed by atoms with Crippen LogP contribution in [0.2, 0.25) is 0 Å². The maximum Gasteiger partial charge on any atom is 0.227 e. The second kappa shape index (κ2) is 12.2. The summed E-state index contributed by atoms with van der Waals surface area (Å²) in [7, 11) is 0. The van der Waals surface area contributed by atoms with Crippen LogP contribution < -0.4 is 15.8 Å². The summed E-state index contributed by atoms with van der Waals surface area (Å²) >= 11 is 1.69. The van der Waals surface area contributed by atoms with Crippen LogP contribution >= 0.6 is 36.2 Å². The molecule has 1 saturated heterocycles. The molecule has 0 atom stereocenters. The summed E-state index contributed by atoms with van der Waals surface area (Å²) in [5.41, 5.74) is 7.35. The van der Waals surface area contributed by atoms with Gasteiger partial charge >= 0.3 is 0 Å². The van der Waals surface area contributed by atoms with Crippen LogP contribution in [-0.2, 0) is 11.3 Å². The van der Waals surface area contributed by atoms with Gasteiger partial charge in [0.05, 0.1) is 10.7 Å². The van der Waals surface area contributed by atoms with E-state index in [1.54, 1.807) is 11.3 Å². The number of benzene rings is 1. The molecule has 0 aliphatic carbocycles. The number of nitrogens with two attached hydrogens (primary N) is 1. The van der Waals surface area contributed by atoms with Crippen LogP contribution in [0.25, 0.3) is 0 Å². The van der Waals surface area contributed by atoms with E-state index in [0.29, 0.717) is 13.2 Å². The number of likely N-dealkylation sites (tertiary alicyclic amines) is 1. The molecule has 1 aromatic carbocycles. The third-order valence-corrected chi connectivity index (χ3v) is 5.34. The minimum absolute atomic E-state index is 0. The van der Waals surface area contributed by atoms with Gasteiger partial charge in [0.25, 0.3) is 0 Å². The van der Waals surface area contributed by atoms with Gasteiger partial charge in [-0.15, -0.1) is 36.2 Å². The average Bonchev–Trinajstić information content (AvgIpc) is 3.06. The number of amides is 1. The van der Waals surface area contributed by atoms with Crippen LogP contribution in [0.3, 0.4) is 0 Å². The van der Waals surface area contributed by atoms with Crippen molar-refractivity contribution >= 4 is 47.7 Å². The van der Waals surface area contributed by atoms with Gasteiger partial charge in [-0.1, -0.05) is 0 Å². The third kappa shape index (κ3) is 7.22. The minimum Gasteiger partial charge on any atom is -0.492 e. The maximum absolute atomic E-state index is 12.5. The summed E-state index contributed by atoms with van der Waals surface area (Å²) in [5, 5.41) is 6.24. The van der Waals surface area contributed by atoms with Crippen molar-refractivity contribution in [2.45, 2.75) is 26.3 Å². The Balaban J connectivity index is 0.00000196. The molecule has 1 amide bonds. The highest BCUT2D eigenvalue weighted by Crippen LogP contribution is 2.22. The van der Waals surface area contributed by atoms with Crippen LogP contribution in [0, 0.1) is 12.8 Å². The van der Waals surface area contributed by atoms with Crippen LogP contribution in [0.4, 0.5) is 5.69 Å². The zero-order chi connectivity index (χ0) is 18.4. The molecule has 156 valence electrons. The zero-order valence-electron chi connectivity index (χ0n) is 15.9. The molecule has 0 spiro atoms. The largest absolute Gasteiger partial charge is 0.492 e. The number of piperidine rings is 1. The van der Waals surface area contributed by atoms with Crippen LogP contribution in [0.15, 0.2) is 29.6 Å². The van der Waals surface area contributed by atoms with Crippen molar-refractivity contribution in [2.75, 3.05) is 31.6 Å². The Hall–Kier alpha value is -1.38. The normalized spacial score (nSPS) is 14.6. The van der Waals surface area contributed by atoms with E-state index >= 15 is 0 Å². The zero-order valence-corrected chi connectivity index (χ0v) is 18.4. The van der Waals surface area contributed by atoms with Gasteiger partial charge in [0, 0.05) is 30.1 Å². The molecule has 1 aliphatic heterocycles. The number of rotatable bonds is 7. The minimum atomic E-state index is 0. The van der Waals surface area contributed by atoms with Gasteiger partial charge in [-0.25, -0.2) is 4.98 Å². The van der Waals surface area contributed by atoms with E-state index < -0.39 is 0 Å². The van der Waals surface area contributed by atoms with Crippen molar-refractivity contribution in [2.24, 2.45) is 11.7 Å². The predicted molar refractivity (Wildman–Crippen MR) is 119 cm³/mol. The molecule has 0 saturated carbocycles. The molecular weight excluding hydrogens is 419 g/mol. The number of carbonyl (C=O) groups excluding carboxylic acids is 1. The molecule has 1 aromatic heterocycles. The lowest BCUT2D eigenvalue weighted by atomic mass is 9.95. The summed E-state index contributed by atoms with van der Waals surface area (Å²) in [4.78, 5) is 19.4. The summed E-state index contributed by atoms with van der Waals surface area (Å²) < 4.78 is 5.45. The molecule has 2 heterocycles. The highest BCUT2D eigenvalue weighted by Gasteiger charge is 2.25. The Morgan fingerprint density at radius 1 is 1.29 bits per heavy atom. The molecular formula is C19H28Cl2N4O2S. The van der Waals surface area contributed by atoms with Gasteiger partial charge in [0.15, 0.2) is 0 Å². The number of aromatic nitrogens is 1. The highest BCUT2D eigenvalue weighted by molar-refractivity contribution is 7.09. The molecule has 1 aliphatic rings. The van der Waals surface area contributed by atoms with Gasteiger partial charge in [-0.2, -0.15) is 0 Å². The fourth-order valence-corrected chi connectivity index (χ4v) is 3.72. The average molecular weight is 447 g/mol. The summed E-state index contributed by atoms with van der Waals surface area (Å²) in [6.07, 6.45) is 1.76. The van der Waals surface area contributed by atoms with E-state index in [2.05, 4.69) is 20.6 Å². The molecule has 3 rings (SSSR count). The fourth-order valence-electron chi connectivity index (χ4n) is 3.12. The quantitative estimate of drug-likeness (QED) is 0.679. The number of aryl methyl sites for hydroxylation is 1. The lowest BCUT2D eigenvalue weighted by molar-refractivity contribution is -0.121. The first-order valence-electron chi connectivity index (χ1n) is 9.01. The van der Waals surface area contributed by atoms with E-state index in [0.717, 1.165) is 54.6 Å². The lowest BCUT2D eigenvalue weighted by Crippen LogP contribution is -2.37. The Kier molecular flexibility index (Phi) is 10.8. The third-order valence-electron chi connectivity index (χ3n) is 4.52. The van der Waals surface area contributed by atoms with Gasteiger partial charge in [-0.05, 0) is 57.1 Å². The van der Waals surface area contributed by atoms with Crippen molar-refractivity contribution < 1.29 is 9.53 Å². The van der Waals surface area contributed by atoms with E-state index in [4.69, 9.17) is 10.5 Å². The van der Waals surface area contributed by atoms with Crippen LogP contribution in [-0.4, -0.2) is 42.0 Å². The van der Waals surface area contributed by atoms with Crippen LogP contribution in [0.5, 0.6) is 5.75 Å². The monoisotopic (exact) mass is 446 g/mol. The van der Waals surface area contributed by atoms with E-state index in [9.17, 15) is 4.79 Å². The van der Waals surface area contributed by atoms with Crippen LogP contribution in [0.1, 0.15) is 23.5 Å². The number of nitrogens with one attached hydrogen (secondary N) is 1. The molecule has 0 unspecified atom stereocenters. The predicted octanol–water partition coefficient (Wildman–Crippen LogP) is 3.48. The molecule has 0 radical (unpaired) electrons. The van der Waals surface area contributed by atoms with Crippen molar-refractivity contribution in [3.8, 4) is 5.75 Å². The Bertz CT molecular complexity index is 719. The fraction of sp³-hybridized carbons (Fsp3) is 0.474. The van der Waals surface area contributed by atoms with E-state index in [1.807, 2.05) is 31.2 Å². The van der Waals surface area contributed by atoms with Crippen molar-refractivity contribution in [3.05, 3.63) is 40.3 Å². The highest BCUT2D eigenvalue weighted by atomic mass is 35.5. The first-order valence-corrected chi connectivity index (χ1v) is 9.89. The molecule has 1 fully saturated rings. The number of thiazole rings is 1. The first kappa shape index (κ1) is 24.7. The number of halogens is 2. The number of ether oxygens (including phenoxy) is 1. The summed E-state index contributed by atoms with van der Waals surface area (Å²) in [6.45, 7) is 5.75. The van der Waals surface area contributed by atoms with E-state index in [1.165, 1.54) is 0 Å². The van der Waals surface area contributed by atoms with Gasteiger partial charge in [-0.3, -0.25) is 9.69 Å². The summed E-state index contributed by atoms with van der Waals surface area (Å²) in [6, 6.07) is 7.43. The number of nitrogens with zero attached hydrogens (tertiary/aromatic N) is 2. The van der Waals surface area contributed by atoms with Gasteiger partial charge in [0.2, 0.25) is 5.91 Å². The Labute approximate surface area is 182 Å². The molecule has 2 aromatic rings. The van der Waals surface area contributed by atoms with Crippen molar-refractivity contribution in [1.82, 2.24) is 9.88 Å². The second-order valence-corrected chi connectivity index (χ2v) is 7.62. The topological polar surface area (TPSA) is 80.5 Å². The maximum atomic E-state index is 12.5. The van der Waals surface area contributed by atoms with Crippen molar-refractivity contribution in [3.63, 3.8) is 0 Å². The van der Waals surface area contributed by atoms with Gasteiger partial charge < -0.3 is 15.8 Å². The van der Waals surface area contributed by atoms with E-state index in [-0.39, 0.29) is 36.6 Å². The Morgan fingerprint density at radius 3 is 2.54 bits per heavy atom. The lowest BCUT2D eigenvalue weighted by Gasteiger charge is -2.30. The standard InChI is InChI=1S/C19H26N4O2S.2ClH/c1-14-21-17(13-26-14)12-23-9-6-15(7-10-23)19(24)22-16-2-4-18(5-3-16)25-11-8-20;;/h2-5,13,15H,6-12,20H2,1H3,(H,22,24);2*1H. The molecule has 28 heavy (non-hydrogen) atoms. The molecule has 3 N–H and O–H groups in total. The molecule has 0 bridgehead atoms. The molecule has 9 heteroatoms. The smallest absolute Gasteiger partial charge is 0.227 e. The number of carbonyl (C=O) groups is 1.